The maximum Gasteiger partial charge on any atom is 0.163 e. The van der Waals surface area contributed by atoms with Crippen LogP contribution in [0.15, 0.2) is 36.9 Å². The van der Waals surface area contributed by atoms with Crippen molar-refractivity contribution < 1.29 is 4.79 Å². The summed E-state index contributed by atoms with van der Waals surface area (Å²) in [5.41, 5.74) is 0.491. The molecular weight excluding hydrogens is 274 g/mol. The van der Waals surface area contributed by atoms with Gasteiger partial charge in [-0.1, -0.05) is 50.6 Å². The Morgan fingerprint density at radius 2 is 2.05 bits per heavy atom. The van der Waals surface area contributed by atoms with E-state index in [1.807, 2.05) is 45.0 Å². The first-order valence-electron chi connectivity index (χ1n) is 6.51. The van der Waals surface area contributed by atoms with Crippen molar-refractivity contribution in [1.82, 2.24) is 14.8 Å². The topological polar surface area (TPSA) is 47.8 Å². The fourth-order valence-electron chi connectivity index (χ4n) is 2.06. The quantitative estimate of drug-likeness (QED) is 0.868. The summed E-state index contributed by atoms with van der Waals surface area (Å²) in [6.07, 6.45) is 3.53. The van der Waals surface area contributed by atoms with E-state index in [0.717, 1.165) is 5.56 Å². The number of hydrogen-bond acceptors (Lipinski definition) is 3. The predicted octanol–water partition coefficient (Wildman–Crippen LogP) is 3.33. The van der Waals surface area contributed by atoms with Crippen LogP contribution in [0, 0.1) is 5.41 Å². The van der Waals surface area contributed by atoms with E-state index < -0.39 is 11.5 Å². The first kappa shape index (κ1) is 14.7. The highest BCUT2D eigenvalue weighted by atomic mass is 35.5. The van der Waals surface area contributed by atoms with Crippen LogP contribution in [0.4, 0.5) is 0 Å². The Bertz CT molecular complexity index is 587. The van der Waals surface area contributed by atoms with Gasteiger partial charge in [-0.3, -0.25) is 4.79 Å². The van der Waals surface area contributed by atoms with Gasteiger partial charge in [-0.15, -0.1) is 0 Å². The Morgan fingerprint density at radius 1 is 1.35 bits per heavy atom. The van der Waals surface area contributed by atoms with Gasteiger partial charge in [0.25, 0.3) is 0 Å². The van der Waals surface area contributed by atoms with Gasteiger partial charge >= 0.3 is 0 Å². The molecule has 0 aliphatic carbocycles. The molecule has 1 aromatic heterocycles. The molecule has 4 nitrogen and oxygen atoms in total. The molecule has 5 heteroatoms. The van der Waals surface area contributed by atoms with Crippen molar-refractivity contribution in [3.8, 4) is 0 Å². The van der Waals surface area contributed by atoms with Crippen molar-refractivity contribution in [2.24, 2.45) is 5.41 Å². The highest BCUT2D eigenvalue weighted by Gasteiger charge is 2.31. The minimum absolute atomic E-state index is 0.114. The van der Waals surface area contributed by atoms with Crippen molar-refractivity contribution >= 4 is 17.4 Å². The van der Waals surface area contributed by atoms with E-state index in [1.54, 1.807) is 11.0 Å². The normalized spacial score (nSPS) is 13.2. The molecule has 0 saturated carbocycles. The first-order chi connectivity index (χ1) is 9.39. The van der Waals surface area contributed by atoms with Crippen LogP contribution in [0.3, 0.4) is 0 Å². The number of aromatic nitrogens is 3. The standard InChI is InChI=1S/C15H18ClN3O/c1-15(2,3)14(20)13(19-10-17-9-18-19)8-11-6-4-5-7-12(11)16/h4-7,9-10,13H,8H2,1-3H3/t13-/m0/s1. The molecule has 0 unspecified atom stereocenters. The van der Waals surface area contributed by atoms with E-state index in [4.69, 9.17) is 11.6 Å². The summed E-state index contributed by atoms with van der Waals surface area (Å²) in [6, 6.07) is 7.17. The maximum atomic E-state index is 12.6. The Hall–Kier alpha value is -1.68. The van der Waals surface area contributed by atoms with Crippen LogP contribution in [0.1, 0.15) is 32.4 Å². The molecular formula is C15H18ClN3O. The zero-order valence-electron chi connectivity index (χ0n) is 11.9. The zero-order valence-corrected chi connectivity index (χ0v) is 12.6. The van der Waals surface area contributed by atoms with Crippen molar-refractivity contribution in [2.75, 3.05) is 0 Å². The summed E-state index contributed by atoms with van der Waals surface area (Å²) in [4.78, 5) is 16.6. The third kappa shape index (κ3) is 3.25. The van der Waals surface area contributed by atoms with Gasteiger partial charge in [0.05, 0.1) is 0 Å². The fourth-order valence-corrected chi connectivity index (χ4v) is 2.27. The van der Waals surface area contributed by atoms with E-state index >= 15 is 0 Å². The summed E-state index contributed by atoms with van der Waals surface area (Å²) in [6.45, 7) is 5.73. The lowest BCUT2D eigenvalue weighted by atomic mass is 9.84. The monoisotopic (exact) mass is 291 g/mol. The van der Waals surface area contributed by atoms with Gasteiger partial charge in [0, 0.05) is 16.9 Å². The number of hydrogen-bond donors (Lipinski definition) is 0. The van der Waals surface area contributed by atoms with Crippen molar-refractivity contribution in [3.05, 3.63) is 47.5 Å². The summed E-state index contributed by atoms with van der Waals surface area (Å²) < 4.78 is 1.61. The molecule has 0 saturated heterocycles. The number of nitrogens with zero attached hydrogens (tertiary/aromatic N) is 3. The molecule has 2 rings (SSSR count). The maximum absolute atomic E-state index is 12.6. The van der Waals surface area contributed by atoms with E-state index in [2.05, 4.69) is 10.1 Å². The zero-order chi connectivity index (χ0) is 14.8. The number of carbonyl (C=O) groups is 1. The van der Waals surface area contributed by atoms with Crippen LogP contribution in [-0.4, -0.2) is 20.5 Å². The second kappa shape index (κ2) is 5.75. The average molecular weight is 292 g/mol. The second-order valence-electron chi connectivity index (χ2n) is 5.80. The van der Waals surface area contributed by atoms with E-state index in [9.17, 15) is 4.79 Å². The number of Topliss-reactive ketones (excluding diaryl/α,β-unsaturated/α-hetero) is 1. The molecule has 0 radical (unpaired) electrons. The van der Waals surface area contributed by atoms with Gasteiger partial charge in [0.2, 0.25) is 0 Å². The van der Waals surface area contributed by atoms with Gasteiger partial charge in [0.15, 0.2) is 5.78 Å². The molecule has 0 bridgehead atoms. The average Bonchev–Trinajstić information content (AvgIpc) is 2.89. The van der Waals surface area contributed by atoms with Gasteiger partial charge in [-0.2, -0.15) is 5.10 Å². The van der Waals surface area contributed by atoms with Crippen LogP contribution in [-0.2, 0) is 11.2 Å². The highest BCUT2D eigenvalue weighted by molar-refractivity contribution is 6.31. The molecule has 1 atom stereocenters. The minimum atomic E-state index is -0.447. The van der Waals surface area contributed by atoms with Crippen LogP contribution < -0.4 is 0 Å². The van der Waals surface area contributed by atoms with Crippen LogP contribution >= 0.6 is 11.6 Å². The van der Waals surface area contributed by atoms with Crippen LogP contribution in [0.2, 0.25) is 5.02 Å². The Labute approximate surface area is 123 Å². The predicted molar refractivity (Wildman–Crippen MR) is 78.7 cm³/mol. The van der Waals surface area contributed by atoms with Crippen LogP contribution in [0.25, 0.3) is 0 Å². The number of benzene rings is 1. The highest BCUT2D eigenvalue weighted by Crippen LogP contribution is 2.28. The number of ketones is 1. The lowest BCUT2D eigenvalue weighted by molar-refractivity contribution is -0.130. The molecule has 0 amide bonds. The van der Waals surface area contributed by atoms with Gasteiger partial charge in [-0.25, -0.2) is 9.67 Å². The van der Waals surface area contributed by atoms with E-state index in [1.165, 1.54) is 6.33 Å². The molecule has 0 aliphatic heterocycles. The van der Waals surface area contributed by atoms with Gasteiger partial charge in [-0.05, 0) is 11.6 Å². The van der Waals surface area contributed by atoms with Gasteiger partial charge < -0.3 is 0 Å². The Balaban J connectivity index is 2.34. The van der Waals surface area contributed by atoms with Gasteiger partial charge in [0.1, 0.15) is 18.7 Å². The molecule has 2 aromatic rings. The molecule has 0 fully saturated rings. The number of carbonyl (C=O) groups excluding carboxylic acids is 1. The largest absolute Gasteiger partial charge is 0.297 e. The molecule has 106 valence electrons. The van der Waals surface area contributed by atoms with Crippen molar-refractivity contribution in [3.63, 3.8) is 0 Å². The molecule has 1 heterocycles. The smallest absolute Gasteiger partial charge is 0.163 e. The SMILES string of the molecule is CC(C)(C)C(=O)[C@H](Cc1ccccc1Cl)n1cncn1. The summed E-state index contributed by atoms with van der Waals surface area (Å²) >= 11 is 6.19. The van der Waals surface area contributed by atoms with Crippen molar-refractivity contribution in [2.45, 2.75) is 33.2 Å². The fraction of sp³-hybridized carbons (Fsp3) is 0.400. The van der Waals surface area contributed by atoms with E-state index in [0.29, 0.717) is 11.4 Å². The summed E-state index contributed by atoms with van der Waals surface area (Å²) in [5, 5.41) is 4.78. The second-order valence-corrected chi connectivity index (χ2v) is 6.21. The van der Waals surface area contributed by atoms with E-state index in [-0.39, 0.29) is 5.78 Å². The third-order valence-corrected chi connectivity index (χ3v) is 3.54. The number of rotatable bonds is 4. The number of halogens is 1. The Morgan fingerprint density at radius 3 is 2.60 bits per heavy atom. The van der Waals surface area contributed by atoms with Crippen molar-refractivity contribution in [1.29, 1.82) is 0 Å². The molecule has 0 spiro atoms. The third-order valence-electron chi connectivity index (χ3n) is 3.17. The Kier molecular flexibility index (Phi) is 4.23. The van der Waals surface area contributed by atoms with Crippen LogP contribution in [0.5, 0.6) is 0 Å². The molecule has 0 N–H and O–H groups in total. The first-order valence-corrected chi connectivity index (χ1v) is 6.89. The summed E-state index contributed by atoms with van der Waals surface area (Å²) in [5.74, 6) is 0.114. The lowest BCUT2D eigenvalue weighted by Gasteiger charge is -2.25. The molecule has 1 aromatic carbocycles. The molecule has 20 heavy (non-hydrogen) atoms. The lowest BCUT2D eigenvalue weighted by Crippen LogP contribution is -2.32. The minimum Gasteiger partial charge on any atom is -0.297 e. The summed E-state index contributed by atoms with van der Waals surface area (Å²) in [7, 11) is 0. The molecule has 0 aliphatic rings.